The summed E-state index contributed by atoms with van der Waals surface area (Å²) in [6, 6.07) is 12.0. The summed E-state index contributed by atoms with van der Waals surface area (Å²) >= 11 is 6.12. The molecule has 0 N–H and O–H groups in total. The van der Waals surface area contributed by atoms with Crippen molar-refractivity contribution >= 4 is 29.4 Å². The van der Waals surface area contributed by atoms with Crippen LogP contribution in [0.15, 0.2) is 48.2 Å². The SMILES string of the molecule is CCOC(=O)[C@H](C)Oc1ccc2c(c1)OC(=Cc1ccccc1Cl)C2=O. The predicted octanol–water partition coefficient (Wildman–Crippen LogP) is 4.29. The molecule has 134 valence electrons. The second-order valence-electron chi connectivity index (χ2n) is 5.63. The number of ether oxygens (including phenoxy) is 3. The molecule has 3 rings (SSSR count). The average Bonchev–Trinajstić information content (AvgIpc) is 2.92. The molecule has 0 aliphatic carbocycles. The van der Waals surface area contributed by atoms with Gasteiger partial charge in [0.2, 0.25) is 5.78 Å². The van der Waals surface area contributed by atoms with E-state index in [1.54, 1.807) is 50.3 Å². The van der Waals surface area contributed by atoms with Gasteiger partial charge in [0.15, 0.2) is 11.9 Å². The number of hydrogen-bond donors (Lipinski definition) is 0. The minimum Gasteiger partial charge on any atom is -0.479 e. The molecular weight excluding hydrogens is 356 g/mol. The lowest BCUT2D eigenvalue weighted by Crippen LogP contribution is -2.26. The molecule has 2 aromatic rings. The van der Waals surface area contributed by atoms with E-state index in [-0.39, 0.29) is 18.1 Å². The summed E-state index contributed by atoms with van der Waals surface area (Å²) in [5, 5.41) is 0.527. The fourth-order valence-electron chi connectivity index (χ4n) is 2.49. The molecule has 2 aromatic carbocycles. The van der Waals surface area contributed by atoms with E-state index in [9.17, 15) is 9.59 Å². The van der Waals surface area contributed by atoms with Gasteiger partial charge in [-0.15, -0.1) is 0 Å². The van der Waals surface area contributed by atoms with Gasteiger partial charge < -0.3 is 14.2 Å². The van der Waals surface area contributed by atoms with E-state index < -0.39 is 12.1 Å². The zero-order valence-corrected chi connectivity index (χ0v) is 15.1. The van der Waals surface area contributed by atoms with Crippen molar-refractivity contribution in [2.45, 2.75) is 20.0 Å². The number of allylic oxidation sites excluding steroid dienone is 1. The molecule has 0 saturated heterocycles. The predicted molar refractivity (Wildman–Crippen MR) is 97.6 cm³/mol. The summed E-state index contributed by atoms with van der Waals surface area (Å²) in [7, 11) is 0. The van der Waals surface area contributed by atoms with Crippen molar-refractivity contribution in [2.24, 2.45) is 0 Å². The molecule has 0 spiro atoms. The third-order valence-corrected chi connectivity index (χ3v) is 4.11. The Morgan fingerprint density at radius 2 is 2.04 bits per heavy atom. The third kappa shape index (κ3) is 3.73. The molecule has 1 aliphatic rings. The van der Waals surface area contributed by atoms with Crippen LogP contribution in [0.1, 0.15) is 29.8 Å². The molecule has 26 heavy (non-hydrogen) atoms. The van der Waals surface area contributed by atoms with Gasteiger partial charge in [0.1, 0.15) is 11.5 Å². The fourth-order valence-corrected chi connectivity index (χ4v) is 2.68. The highest BCUT2D eigenvalue weighted by Gasteiger charge is 2.28. The first-order valence-corrected chi connectivity index (χ1v) is 8.53. The number of carbonyl (C=O) groups excluding carboxylic acids is 2. The Kier molecular flexibility index (Phi) is 5.28. The highest BCUT2D eigenvalue weighted by molar-refractivity contribution is 6.32. The minimum absolute atomic E-state index is 0.184. The van der Waals surface area contributed by atoms with Crippen molar-refractivity contribution in [1.82, 2.24) is 0 Å². The zero-order valence-electron chi connectivity index (χ0n) is 14.3. The summed E-state index contributed by atoms with van der Waals surface area (Å²) in [6.45, 7) is 3.61. The topological polar surface area (TPSA) is 61.8 Å². The molecule has 1 heterocycles. The molecule has 0 bridgehead atoms. The largest absolute Gasteiger partial charge is 0.479 e. The van der Waals surface area contributed by atoms with Crippen LogP contribution in [-0.4, -0.2) is 24.5 Å². The van der Waals surface area contributed by atoms with Crippen LogP contribution in [0.3, 0.4) is 0 Å². The van der Waals surface area contributed by atoms with Gasteiger partial charge in [0, 0.05) is 11.1 Å². The van der Waals surface area contributed by atoms with Gasteiger partial charge in [0.05, 0.1) is 12.2 Å². The Labute approximate surface area is 156 Å². The van der Waals surface area contributed by atoms with Crippen molar-refractivity contribution in [2.75, 3.05) is 6.61 Å². The maximum atomic E-state index is 12.5. The van der Waals surface area contributed by atoms with Crippen LogP contribution in [0.25, 0.3) is 6.08 Å². The molecule has 0 aromatic heterocycles. The van der Waals surface area contributed by atoms with E-state index in [1.165, 1.54) is 0 Å². The second kappa shape index (κ2) is 7.62. The standard InChI is InChI=1S/C20H17ClO5/c1-3-24-20(23)12(2)25-14-8-9-15-17(11-14)26-18(19(15)22)10-13-6-4-5-7-16(13)21/h4-12H,3H2,1-2H3/t12-/m0/s1. The highest BCUT2D eigenvalue weighted by Crippen LogP contribution is 2.35. The number of benzene rings is 2. The van der Waals surface area contributed by atoms with Crippen molar-refractivity contribution in [1.29, 1.82) is 0 Å². The quantitative estimate of drug-likeness (QED) is 0.579. The summed E-state index contributed by atoms with van der Waals surface area (Å²) in [6.07, 6.45) is 0.843. The normalized spacial score (nSPS) is 15.3. The average molecular weight is 373 g/mol. The first kappa shape index (κ1) is 18.0. The number of Topliss-reactive ketones (excluding diaryl/α,β-unsaturated/α-hetero) is 1. The molecule has 6 heteroatoms. The number of rotatable bonds is 5. The monoisotopic (exact) mass is 372 g/mol. The summed E-state index contributed by atoms with van der Waals surface area (Å²) in [5.74, 6) is 0.288. The summed E-state index contributed by atoms with van der Waals surface area (Å²) < 4.78 is 16.1. The number of fused-ring (bicyclic) bond motifs is 1. The Hall–Kier alpha value is -2.79. The highest BCUT2D eigenvalue weighted by atomic mass is 35.5. The summed E-state index contributed by atoms with van der Waals surface area (Å²) in [5.41, 5.74) is 1.12. The molecule has 1 aliphatic heterocycles. The molecule has 0 saturated carbocycles. The summed E-state index contributed by atoms with van der Waals surface area (Å²) in [4.78, 5) is 24.2. The molecular formula is C20H17ClO5. The number of ketones is 1. The van der Waals surface area contributed by atoms with Crippen LogP contribution in [-0.2, 0) is 9.53 Å². The third-order valence-electron chi connectivity index (χ3n) is 3.76. The second-order valence-corrected chi connectivity index (χ2v) is 6.04. The van der Waals surface area contributed by atoms with Gasteiger partial charge in [-0.25, -0.2) is 4.79 Å². The Bertz CT molecular complexity index is 888. The smallest absolute Gasteiger partial charge is 0.347 e. The zero-order chi connectivity index (χ0) is 18.7. The first-order valence-electron chi connectivity index (χ1n) is 8.15. The van der Waals surface area contributed by atoms with Gasteiger partial charge in [0.25, 0.3) is 0 Å². The first-order chi connectivity index (χ1) is 12.5. The van der Waals surface area contributed by atoms with Crippen LogP contribution in [0.2, 0.25) is 5.02 Å². The van der Waals surface area contributed by atoms with Crippen molar-refractivity contribution in [3.63, 3.8) is 0 Å². The molecule has 0 amide bonds. The Balaban J connectivity index is 1.80. The molecule has 1 atom stereocenters. The number of halogens is 1. The van der Waals surface area contributed by atoms with Crippen LogP contribution in [0.4, 0.5) is 0 Å². The van der Waals surface area contributed by atoms with E-state index in [0.29, 0.717) is 27.6 Å². The molecule has 0 fully saturated rings. The van der Waals surface area contributed by atoms with E-state index in [4.69, 9.17) is 25.8 Å². The lowest BCUT2D eigenvalue weighted by atomic mass is 10.1. The Morgan fingerprint density at radius 3 is 2.77 bits per heavy atom. The van der Waals surface area contributed by atoms with Crippen LogP contribution in [0, 0.1) is 0 Å². The maximum Gasteiger partial charge on any atom is 0.347 e. The van der Waals surface area contributed by atoms with Gasteiger partial charge in [-0.1, -0.05) is 29.8 Å². The molecule has 5 nitrogen and oxygen atoms in total. The number of hydrogen-bond acceptors (Lipinski definition) is 5. The van der Waals surface area contributed by atoms with Gasteiger partial charge in [-0.2, -0.15) is 0 Å². The maximum absolute atomic E-state index is 12.5. The van der Waals surface area contributed by atoms with E-state index >= 15 is 0 Å². The molecule has 0 unspecified atom stereocenters. The Morgan fingerprint density at radius 1 is 1.27 bits per heavy atom. The van der Waals surface area contributed by atoms with Gasteiger partial charge in [-0.3, -0.25) is 4.79 Å². The van der Waals surface area contributed by atoms with Crippen LogP contribution >= 0.6 is 11.6 Å². The molecule has 0 radical (unpaired) electrons. The van der Waals surface area contributed by atoms with E-state index in [1.807, 2.05) is 12.1 Å². The van der Waals surface area contributed by atoms with E-state index in [0.717, 1.165) is 0 Å². The van der Waals surface area contributed by atoms with Gasteiger partial charge >= 0.3 is 5.97 Å². The number of carbonyl (C=O) groups is 2. The van der Waals surface area contributed by atoms with Crippen molar-refractivity contribution in [3.05, 3.63) is 64.4 Å². The lowest BCUT2D eigenvalue weighted by molar-refractivity contribution is -0.150. The number of esters is 1. The fraction of sp³-hybridized carbons (Fsp3) is 0.200. The van der Waals surface area contributed by atoms with E-state index in [2.05, 4.69) is 0 Å². The van der Waals surface area contributed by atoms with Crippen LogP contribution < -0.4 is 9.47 Å². The van der Waals surface area contributed by atoms with Crippen molar-refractivity contribution < 1.29 is 23.8 Å². The van der Waals surface area contributed by atoms with Crippen LogP contribution in [0.5, 0.6) is 11.5 Å². The lowest BCUT2D eigenvalue weighted by Gasteiger charge is -2.13. The minimum atomic E-state index is -0.761. The van der Waals surface area contributed by atoms with Gasteiger partial charge in [-0.05, 0) is 43.7 Å². The van der Waals surface area contributed by atoms with Crippen molar-refractivity contribution in [3.8, 4) is 11.5 Å².